The largest absolute Gasteiger partial charge is 0.493 e. The van der Waals surface area contributed by atoms with E-state index in [-0.39, 0.29) is 54.5 Å². The third-order valence-electron chi connectivity index (χ3n) is 12.0. The zero-order chi connectivity index (χ0) is 51.2. The molecule has 0 aliphatic carbocycles. The molecule has 3 amide bonds. The van der Waals surface area contributed by atoms with Gasteiger partial charge in [-0.25, -0.2) is 4.79 Å². The summed E-state index contributed by atoms with van der Waals surface area (Å²) in [6.07, 6.45) is 4.88. The average Bonchev–Trinajstić information content (AvgIpc) is 3.36. The van der Waals surface area contributed by atoms with Crippen LogP contribution in [0, 0.1) is 0 Å². The molecule has 6 rings (SSSR count). The second-order valence-electron chi connectivity index (χ2n) is 19.7. The standard InChI is InChI=1S/C31H44N2O6.C26H36N2O4.ClH/c1-23(2)33(26-14-10-15-32(21-26)30(35)39-31(3,4)5)29(34)25-18-27(37-17-11-16-36-6)20-28(19-25)38-22-24-12-8-7-9-13-24;1-20(2)28(23-11-7-12-27-18-23)26(29)22-15-24(31-14-8-13-30-3)17-25(16-22)32-19-21-9-5-4-6-10-21;/h7-9,12-13,18-20,23,26H,10-11,14-17,21-22H2,1-6H3;4-6,9-10,15-17,20,23,27H,7-8,11-14,18-19H2,1-3H3;1H/t26-;23-;/m11./s1. The summed E-state index contributed by atoms with van der Waals surface area (Å²) >= 11 is 0. The van der Waals surface area contributed by atoms with Crippen LogP contribution in [0.15, 0.2) is 97.1 Å². The van der Waals surface area contributed by atoms with Crippen molar-refractivity contribution >= 4 is 30.3 Å². The maximum absolute atomic E-state index is 14.0. The van der Waals surface area contributed by atoms with Gasteiger partial charge in [-0.3, -0.25) is 9.59 Å². The highest BCUT2D eigenvalue weighted by molar-refractivity contribution is 5.96. The van der Waals surface area contributed by atoms with Gasteiger partial charge in [-0.05, 0) is 116 Å². The van der Waals surface area contributed by atoms with Crippen molar-refractivity contribution in [2.45, 2.75) is 130 Å². The minimum Gasteiger partial charge on any atom is -0.493 e. The minimum absolute atomic E-state index is 0. The Labute approximate surface area is 435 Å². The Balaban J connectivity index is 0.000000314. The third-order valence-corrected chi connectivity index (χ3v) is 12.0. The number of halogens is 1. The van der Waals surface area contributed by atoms with Crippen molar-refractivity contribution in [3.8, 4) is 23.0 Å². The molecule has 4 aromatic carbocycles. The van der Waals surface area contributed by atoms with Gasteiger partial charge in [0.25, 0.3) is 11.8 Å². The van der Waals surface area contributed by atoms with Crippen LogP contribution in [0.4, 0.5) is 4.79 Å². The van der Waals surface area contributed by atoms with Gasteiger partial charge in [-0.15, -0.1) is 12.4 Å². The van der Waals surface area contributed by atoms with E-state index in [0.29, 0.717) is 86.9 Å². The van der Waals surface area contributed by atoms with Crippen LogP contribution in [-0.4, -0.2) is 129 Å². The maximum atomic E-state index is 14.0. The fourth-order valence-electron chi connectivity index (χ4n) is 8.68. The van der Waals surface area contributed by atoms with Gasteiger partial charge in [-0.1, -0.05) is 60.7 Å². The molecular weight excluding hydrogens is 936 g/mol. The molecule has 2 heterocycles. The second kappa shape index (κ2) is 30.5. The first-order chi connectivity index (χ1) is 34.1. The third kappa shape index (κ3) is 19.5. The summed E-state index contributed by atoms with van der Waals surface area (Å²) in [7, 11) is 3.33. The minimum atomic E-state index is -0.572. The first-order valence-corrected chi connectivity index (χ1v) is 25.4. The molecule has 2 saturated heterocycles. The molecular formula is C57H81ClN4O10. The molecule has 14 nitrogen and oxygen atoms in total. The van der Waals surface area contributed by atoms with E-state index in [1.54, 1.807) is 31.3 Å². The number of nitrogens with zero attached hydrogens (tertiary/aromatic N) is 3. The highest BCUT2D eigenvalue weighted by Crippen LogP contribution is 2.30. The lowest BCUT2D eigenvalue weighted by molar-refractivity contribution is 0.00751. The molecule has 396 valence electrons. The SMILES string of the molecule is COCCCOc1cc(OCc2ccccc2)cc(C(=O)N(C(C)C)[C@@H]2CCCN(C(=O)OC(C)(C)C)C2)c1.COCCCOc1cc(OCc2ccccc2)cc(C(=O)N(C(C)C)[C@@H]2CCCNC2)c1.Cl. The van der Waals surface area contributed by atoms with E-state index in [4.69, 9.17) is 33.2 Å². The number of carbonyl (C=O) groups is 3. The predicted octanol–water partition coefficient (Wildman–Crippen LogP) is 10.6. The topological polar surface area (TPSA) is 138 Å². The Morgan fingerprint density at radius 1 is 0.625 bits per heavy atom. The highest BCUT2D eigenvalue weighted by atomic mass is 35.5. The lowest BCUT2D eigenvalue weighted by atomic mass is 10.0. The number of methoxy groups -OCH3 is 2. The van der Waals surface area contributed by atoms with Crippen LogP contribution in [0.2, 0.25) is 0 Å². The lowest BCUT2D eigenvalue weighted by Gasteiger charge is -2.41. The summed E-state index contributed by atoms with van der Waals surface area (Å²) < 4.78 is 39.9. The van der Waals surface area contributed by atoms with Crippen LogP contribution in [0.25, 0.3) is 0 Å². The normalized spacial score (nSPS) is 15.6. The molecule has 72 heavy (non-hydrogen) atoms. The van der Waals surface area contributed by atoms with E-state index >= 15 is 0 Å². The zero-order valence-electron chi connectivity index (χ0n) is 44.2. The van der Waals surface area contributed by atoms with Crippen LogP contribution in [0.1, 0.15) is 119 Å². The van der Waals surface area contributed by atoms with Crippen molar-refractivity contribution < 1.29 is 47.5 Å². The van der Waals surface area contributed by atoms with Crippen molar-refractivity contribution in [2.24, 2.45) is 0 Å². The zero-order valence-corrected chi connectivity index (χ0v) is 45.0. The summed E-state index contributed by atoms with van der Waals surface area (Å²) in [4.78, 5) is 46.0. The smallest absolute Gasteiger partial charge is 0.410 e. The number of rotatable bonds is 22. The fraction of sp³-hybridized carbons (Fsp3) is 0.526. The molecule has 1 N–H and O–H groups in total. The number of likely N-dealkylation sites (tertiary alicyclic amines) is 1. The molecule has 0 saturated carbocycles. The lowest BCUT2D eigenvalue weighted by Crippen LogP contribution is -2.54. The second-order valence-corrected chi connectivity index (χ2v) is 19.7. The predicted molar refractivity (Wildman–Crippen MR) is 285 cm³/mol. The van der Waals surface area contributed by atoms with Gasteiger partial charge in [0.1, 0.15) is 41.8 Å². The summed E-state index contributed by atoms with van der Waals surface area (Å²) in [5, 5.41) is 3.42. The van der Waals surface area contributed by atoms with Gasteiger partial charge in [0, 0.05) is 101 Å². The van der Waals surface area contributed by atoms with E-state index in [0.717, 1.165) is 62.7 Å². The monoisotopic (exact) mass is 1020 g/mol. The molecule has 15 heteroatoms. The van der Waals surface area contributed by atoms with E-state index in [1.165, 1.54) is 0 Å². The average molecular weight is 1020 g/mol. The Hall–Kier alpha value is -5.54. The van der Waals surface area contributed by atoms with Crippen LogP contribution in [0.5, 0.6) is 23.0 Å². The van der Waals surface area contributed by atoms with E-state index < -0.39 is 5.60 Å². The molecule has 0 aromatic heterocycles. The summed E-state index contributed by atoms with van der Waals surface area (Å²) in [5.74, 6) is 2.30. The number of carbonyl (C=O) groups excluding carboxylic acids is 3. The number of ether oxygens (including phenoxy) is 7. The Morgan fingerprint density at radius 2 is 1.07 bits per heavy atom. The van der Waals surface area contributed by atoms with Gasteiger partial charge in [-0.2, -0.15) is 0 Å². The van der Waals surface area contributed by atoms with E-state index in [2.05, 4.69) is 19.2 Å². The van der Waals surface area contributed by atoms with Crippen molar-refractivity contribution in [3.05, 3.63) is 119 Å². The molecule has 0 radical (unpaired) electrons. The van der Waals surface area contributed by atoms with Gasteiger partial charge >= 0.3 is 6.09 Å². The summed E-state index contributed by atoms with van der Waals surface area (Å²) in [6.45, 7) is 19.6. The van der Waals surface area contributed by atoms with Gasteiger partial charge in [0.05, 0.1) is 19.3 Å². The number of nitrogens with one attached hydrogen (secondary N) is 1. The molecule has 4 aromatic rings. The van der Waals surface area contributed by atoms with Gasteiger partial charge in [0.15, 0.2) is 0 Å². The maximum Gasteiger partial charge on any atom is 0.410 e. The molecule has 2 fully saturated rings. The highest BCUT2D eigenvalue weighted by Gasteiger charge is 2.35. The van der Waals surface area contributed by atoms with Crippen LogP contribution in [0.3, 0.4) is 0 Å². The number of hydrogen-bond acceptors (Lipinski definition) is 11. The van der Waals surface area contributed by atoms with E-state index in [1.807, 2.05) is 129 Å². The Bertz CT molecular complexity index is 2220. The van der Waals surface area contributed by atoms with Crippen LogP contribution < -0.4 is 24.3 Å². The molecule has 0 bridgehead atoms. The first-order valence-electron chi connectivity index (χ1n) is 25.4. The molecule has 2 atom stereocenters. The Morgan fingerprint density at radius 3 is 1.49 bits per heavy atom. The van der Waals surface area contributed by atoms with Crippen molar-refractivity contribution in [2.75, 3.05) is 66.8 Å². The fourth-order valence-corrected chi connectivity index (χ4v) is 8.68. The van der Waals surface area contributed by atoms with Crippen molar-refractivity contribution in [1.82, 2.24) is 20.0 Å². The molecule has 2 aliphatic heterocycles. The van der Waals surface area contributed by atoms with Crippen LogP contribution in [-0.2, 0) is 27.4 Å². The molecule has 2 aliphatic rings. The van der Waals surface area contributed by atoms with E-state index in [9.17, 15) is 14.4 Å². The molecule has 0 unspecified atom stereocenters. The molecule has 0 spiro atoms. The van der Waals surface area contributed by atoms with Crippen molar-refractivity contribution in [3.63, 3.8) is 0 Å². The Kier molecular flexibility index (Phi) is 25.0. The van der Waals surface area contributed by atoms with Gasteiger partial charge in [0.2, 0.25) is 0 Å². The number of piperidine rings is 2. The quantitative estimate of drug-likeness (QED) is 0.0753. The summed E-state index contributed by atoms with van der Waals surface area (Å²) in [6, 6.07) is 30.9. The summed E-state index contributed by atoms with van der Waals surface area (Å²) in [5.41, 5.74) is 2.62. The number of hydrogen-bond donors (Lipinski definition) is 1. The van der Waals surface area contributed by atoms with Crippen LogP contribution >= 0.6 is 12.4 Å². The first kappa shape index (κ1) is 59.0. The van der Waals surface area contributed by atoms with Crippen molar-refractivity contribution in [1.29, 1.82) is 0 Å². The number of benzene rings is 4. The van der Waals surface area contributed by atoms with Gasteiger partial charge < -0.3 is 53.2 Å². The number of amides is 3.